The van der Waals surface area contributed by atoms with Gasteiger partial charge in [0, 0.05) is 43.1 Å². The smallest absolute Gasteiger partial charge is 0.0620 e. The Hall–Kier alpha value is -6.64. The van der Waals surface area contributed by atoms with E-state index in [1.165, 1.54) is 110 Å². The second-order valence-electron chi connectivity index (χ2n) is 13.7. The number of benzene rings is 8. The third kappa shape index (κ3) is 3.37. The van der Waals surface area contributed by atoms with Gasteiger partial charge in [-0.15, -0.1) is 0 Å². The molecule has 0 aliphatic carbocycles. The van der Waals surface area contributed by atoms with Crippen molar-refractivity contribution in [2.75, 3.05) is 0 Å². The molecule has 0 N–H and O–H groups in total. The zero-order valence-corrected chi connectivity index (χ0v) is 27.1. The van der Waals surface area contributed by atoms with E-state index in [-0.39, 0.29) is 0 Å². The van der Waals surface area contributed by atoms with Gasteiger partial charge in [-0.2, -0.15) is 0 Å². The van der Waals surface area contributed by atoms with Crippen LogP contribution in [0.4, 0.5) is 0 Å². The van der Waals surface area contributed by atoms with Crippen LogP contribution >= 0.6 is 0 Å². The molecule has 50 heavy (non-hydrogen) atoms. The van der Waals surface area contributed by atoms with Gasteiger partial charge in [-0.1, -0.05) is 115 Å². The molecule has 0 unspecified atom stereocenters. The lowest BCUT2D eigenvalue weighted by Crippen LogP contribution is -1.84. The number of fused-ring (bicyclic) bond motifs is 12. The molecule has 12 aromatic rings. The Morgan fingerprint density at radius 1 is 0.220 bits per heavy atom. The molecule has 0 aliphatic heterocycles. The minimum Gasteiger partial charge on any atom is -0.308 e. The van der Waals surface area contributed by atoms with Gasteiger partial charge in [0.1, 0.15) is 0 Å². The Morgan fingerprint density at radius 3 is 1.18 bits per heavy atom. The van der Waals surface area contributed by atoms with Crippen LogP contribution in [-0.2, 0) is 0 Å². The van der Waals surface area contributed by atoms with E-state index in [9.17, 15) is 0 Å². The summed E-state index contributed by atoms with van der Waals surface area (Å²) in [6, 6.07) is 62.9. The van der Waals surface area contributed by atoms with E-state index in [4.69, 9.17) is 0 Å². The molecule has 0 atom stereocenters. The fourth-order valence-electron chi connectivity index (χ4n) is 8.95. The molecular weight excluding hydrogens is 605 g/mol. The topological polar surface area (TPSA) is 8.82 Å². The van der Waals surface area contributed by atoms with Crippen LogP contribution in [-0.4, -0.2) is 8.80 Å². The zero-order chi connectivity index (χ0) is 32.5. The van der Waals surface area contributed by atoms with E-state index in [0.29, 0.717) is 0 Å². The van der Waals surface area contributed by atoms with Gasteiger partial charge in [-0.3, -0.25) is 0 Å². The fraction of sp³-hybridized carbons (Fsp3) is 0. The van der Waals surface area contributed by atoms with E-state index < -0.39 is 0 Å². The Labute approximate surface area is 287 Å². The van der Waals surface area contributed by atoms with Gasteiger partial charge in [-0.05, 0) is 88.0 Å². The standard InChI is InChI=1S/C48H28N2/c1-3-10-29(11-4-1)31-18-21-45-39(24-31)41-27-34(30-12-5-2-6-13-30)28-42-40-26-33(20-23-46(40)50(45)48(41)42)32-19-22-44-38(25-32)37-16-9-15-36-35-14-7-8-17-43(35)49(44)47(36)37/h1-28H. The van der Waals surface area contributed by atoms with Crippen LogP contribution in [0.1, 0.15) is 0 Å². The van der Waals surface area contributed by atoms with Crippen molar-refractivity contribution in [3.63, 3.8) is 0 Å². The molecule has 0 bridgehead atoms. The molecule has 2 nitrogen and oxygen atoms in total. The fourth-order valence-corrected chi connectivity index (χ4v) is 8.95. The minimum absolute atomic E-state index is 1.24. The summed E-state index contributed by atoms with van der Waals surface area (Å²) in [5.41, 5.74) is 15.1. The predicted octanol–water partition coefficient (Wildman–Crippen LogP) is 13.0. The normalized spacial score (nSPS) is 12.4. The molecule has 0 aliphatic rings. The highest BCUT2D eigenvalue weighted by Crippen LogP contribution is 2.45. The Kier molecular flexibility index (Phi) is 5.00. The molecule has 0 spiro atoms. The Morgan fingerprint density at radius 2 is 0.600 bits per heavy atom. The maximum absolute atomic E-state index is 2.49. The molecule has 0 saturated carbocycles. The first kappa shape index (κ1) is 26.3. The average Bonchev–Trinajstić information content (AvgIpc) is 3.91. The van der Waals surface area contributed by atoms with E-state index in [0.717, 1.165) is 0 Å². The molecular formula is C48H28N2. The number of hydrogen-bond donors (Lipinski definition) is 0. The Balaban J connectivity index is 1.12. The lowest BCUT2D eigenvalue weighted by molar-refractivity contribution is 1.37. The molecule has 8 aromatic carbocycles. The molecule has 0 fully saturated rings. The summed E-state index contributed by atoms with van der Waals surface area (Å²) in [6.45, 7) is 0. The summed E-state index contributed by atoms with van der Waals surface area (Å²) in [4.78, 5) is 0. The van der Waals surface area contributed by atoms with Crippen LogP contribution < -0.4 is 0 Å². The summed E-state index contributed by atoms with van der Waals surface area (Å²) < 4.78 is 4.94. The average molecular weight is 633 g/mol. The van der Waals surface area contributed by atoms with Crippen molar-refractivity contribution in [1.29, 1.82) is 0 Å². The maximum atomic E-state index is 2.49. The van der Waals surface area contributed by atoms with Crippen LogP contribution in [0.5, 0.6) is 0 Å². The predicted molar refractivity (Wildman–Crippen MR) is 212 cm³/mol. The van der Waals surface area contributed by atoms with E-state index in [1.807, 2.05) is 0 Å². The molecule has 0 radical (unpaired) electrons. The van der Waals surface area contributed by atoms with Gasteiger partial charge in [0.15, 0.2) is 0 Å². The summed E-state index contributed by atoms with van der Waals surface area (Å²) >= 11 is 0. The number of rotatable bonds is 3. The monoisotopic (exact) mass is 632 g/mol. The van der Waals surface area contributed by atoms with Crippen LogP contribution in [0, 0.1) is 0 Å². The van der Waals surface area contributed by atoms with Gasteiger partial charge >= 0.3 is 0 Å². The maximum Gasteiger partial charge on any atom is 0.0620 e. The quantitative estimate of drug-likeness (QED) is 0.183. The van der Waals surface area contributed by atoms with Crippen molar-refractivity contribution in [1.82, 2.24) is 8.80 Å². The molecule has 12 rings (SSSR count). The third-order valence-electron chi connectivity index (χ3n) is 11.2. The van der Waals surface area contributed by atoms with Gasteiger partial charge in [0.2, 0.25) is 0 Å². The number of aromatic nitrogens is 2. The molecule has 4 aromatic heterocycles. The lowest BCUT2D eigenvalue weighted by Gasteiger charge is -2.07. The van der Waals surface area contributed by atoms with Crippen LogP contribution in [0.25, 0.3) is 110 Å². The molecule has 0 saturated heterocycles. The molecule has 2 heteroatoms. The van der Waals surface area contributed by atoms with E-state index in [2.05, 4.69) is 179 Å². The van der Waals surface area contributed by atoms with Gasteiger partial charge < -0.3 is 8.80 Å². The molecule has 230 valence electrons. The number of hydrogen-bond acceptors (Lipinski definition) is 0. The SMILES string of the molecule is c1ccc(-c2ccc3c(c2)c2cc(-c4ccccc4)cc4c5cc(-c6ccc7c(c6)c6cccc8c9ccccc9n7c86)ccc5n3c24)cc1. The van der Waals surface area contributed by atoms with Crippen molar-refractivity contribution < 1.29 is 0 Å². The largest absolute Gasteiger partial charge is 0.308 e. The van der Waals surface area contributed by atoms with Gasteiger partial charge in [0.25, 0.3) is 0 Å². The van der Waals surface area contributed by atoms with Crippen LogP contribution in [0.2, 0.25) is 0 Å². The zero-order valence-electron chi connectivity index (χ0n) is 27.1. The summed E-state index contributed by atoms with van der Waals surface area (Å²) in [5.74, 6) is 0. The summed E-state index contributed by atoms with van der Waals surface area (Å²) in [5, 5.41) is 10.4. The van der Waals surface area contributed by atoms with Gasteiger partial charge in [-0.25, -0.2) is 0 Å². The van der Waals surface area contributed by atoms with Crippen molar-refractivity contribution >= 4 is 76.2 Å². The first-order valence-electron chi connectivity index (χ1n) is 17.4. The van der Waals surface area contributed by atoms with Crippen LogP contribution in [0.3, 0.4) is 0 Å². The number of nitrogens with zero attached hydrogens (tertiary/aromatic N) is 2. The van der Waals surface area contributed by atoms with Crippen molar-refractivity contribution in [2.45, 2.75) is 0 Å². The van der Waals surface area contributed by atoms with E-state index in [1.54, 1.807) is 0 Å². The first-order chi connectivity index (χ1) is 24.8. The Bertz CT molecular complexity index is 3290. The van der Waals surface area contributed by atoms with Crippen LogP contribution in [0.15, 0.2) is 170 Å². The summed E-state index contributed by atoms with van der Waals surface area (Å²) in [7, 11) is 0. The minimum atomic E-state index is 1.24. The third-order valence-corrected chi connectivity index (χ3v) is 11.2. The second-order valence-corrected chi connectivity index (χ2v) is 13.7. The molecule has 4 heterocycles. The highest BCUT2D eigenvalue weighted by Gasteiger charge is 2.21. The van der Waals surface area contributed by atoms with Crippen molar-refractivity contribution in [3.8, 4) is 33.4 Å². The molecule has 0 amide bonds. The van der Waals surface area contributed by atoms with Crippen molar-refractivity contribution in [2.24, 2.45) is 0 Å². The second kappa shape index (κ2) is 9.49. The highest BCUT2D eigenvalue weighted by molar-refractivity contribution is 6.26. The summed E-state index contributed by atoms with van der Waals surface area (Å²) in [6.07, 6.45) is 0. The van der Waals surface area contributed by atoms with Gasteiger partial charge in [0.05, 0.1) is 33.1 Å². The van der Waals surface area contributed by atoms with Crippen molar-refractivity contribution in [3.05, 3.63) is 170 Å². The number of para-hydroxylation sites is 2. The highest BCUT2D eigenvalue weighted by atomic mass is 14.9. The first-order valence-corrected chi connectivity index (χ1v) is 17.4. The van der Waals surface area contributed by atoms with E-state index >= 15 is 0 Å². The lowest BCUT2D eigenvalue weighted by atomic mass is 9.96.